The molecule has 1 saturated heterocycles. The first-order chi connectivity index (χ1) is 12.8. The van der Waals surface area contributed by atoms with Crippen molar-refractivity contribution in [3.05, 3.63) is 34.3 Å². The molecule has 0 radical (unpaired) electrons. The lowest BCUT2D eigenvalue weighted by atomic mass is 10.2. The van der Waals surface area contributed by atoms with Gasteiger partial charge in [-0.3, -0.25) is 4.79 Å². The van der Waals surface area contributed by atoms with Crippen LogP contribution in [0, 0.1) is 5.82 Å². The van der Waals surface area contributed by atoms with E-state index in [1.54, 1.807) is 4.90 Å². The highest BCUT2D eigenvalue weighted by Gasteiger charge is 2.30. The van der Waals surface area contributed by atoms with Crippen LogP contribution in [0.2, 0.25) is 10.0 Å². The van der Waals surface area contributed by atoms with Crippen LogP contribution in [0.3, 0.4) is 0 Å². The topological polar surface area (TPSA) is 108 Å². The molecule has 144 valence electrons. The van der Waals surface area contributed by atoms with Crippen molar-refractivity contribution in [2.45, 2.75) is 12.5 Å². The number of hydrogen-bond donors (Lipinski definition) is 3. The summed E-state index contributed by atoms with van der Waals surface area (Å²) in [6.45, 7) is 0.727. The predicted octanol–water partition coefficient (Wildman–Crippen LogP) is 2.78. The maximum Gasteiger partial charge on any atom is 0.305 e. The maximum atomic E-state index is 14.6. The number of β-amino-alcohol motifs (C(OH)–C–C–N with tert-alkyl or cyclic N) is 1. The van der Waals surface area contributed by atoms with Gasteiger partial charge >= 0.3 is 5.97 Å². The number of aliphatic hydroxyl groups is 1. The van der Waals surface area contributed by atoms with Crippen molar-refractivity contribution >= 4 is 40.7 Å². The lowest BCUT2D eigenvalue weighted by molar-refractivity contribution is -0.136. The fourth-order valence-electron chi connectivity index (χ4n) is 2.43. The Morgan fingerprint density at radius 3 is 2.59 bits per heavy atom. The van der Waals surface area contributed by atoms with Crippen LogP contribution < -0.4 is 15.0 Å². The zero-order valence-electron chi connectivity index (χ0n) is 13.8. The van der Waals surface area contributed by atoms with Gasteiger partial charge in [0, 0.05) is 25.3 Å². The van der Waals surface area contributed by atoms with Gasteiger partial charge in [-0.25, -0.2) is 4.98 Å². The number of aliphatic hydroxyl groups excluding tert-OH is 1. The second-order valence-corrected chi connectivity index (χ2v) is 6.63. The first-order valence-electron chi connectivity index (χ1n) is 7.91. The van der Waals surface area contributed by atoms with E-state index in [2.05, 4.69) is 15.3 Å². The van der Waals surface area contributed by atoms with E-state index < -0.39 is 17.9 Å². The Morgan fingerprint density at radius 2 is 2.00 bits per heavy atom. The summed E-state index contributed by atoms with van der Waals surface area (Å²) in [5, 5.41) is 21.1. The van der Waals surface area contributed by atoms with Crippen molar-refractivity contribution in [3.8, 4) is 11.6 Å². The summed E-state index contributed by atoms with van der Waals surface area (Å²) in [6.07, 6.45) is 0.546. The van der Waals surface area contributed by atoms with Gasteiger partial charge in [-0.2, -0.15) is 9.37 Å². The molecule has 11 heteroatoms. The number of carbonyl (C=O) groups is 1. The number of carboxylic acids is 1. The minimum atomic E-state index is -0.940. The lowest BCUT2D eigenvalue weighted by Crippen LogP contribution is -2.51. The van der Waals surface area contributed by atoms with E-state index in [0.717, 1.165) is 6.33 Å². The largest absolute Gasteiger partial charge is 0.481 e. The normalized spacial score (nSPS) is 14.0. The monoisotopic (exact) mass is 416 g/mol. The SMILES string of the molecule is O=C(O)CCNc1cc(Cl)c(Oc2ncnc(N3CC(O)C3)c2F)c(Cl)c1. The van der Waals surface area contributed by atoms with E-state index >= 15 is 0 Å². The summed E-state index contributed by atoms with van der Waals surface area (Å²) in [5.74, 6) is -2.06. The molecular formula is C16H15Cl2FN4O4. The second kappa shape index (κ2) is 8.12. The third-order valence-corrected chi connectivity index (χ3v) is 4.33. The lowest BCUT2D eigenvalue weighted by Gasteiger charge is -2.36. The Balaban J connectivity index is 1.77. The molecule has 27 heavy (non-hydrogen) atoms. The number of hydrogen-bond acceptors (Lipinski definition) is 7. The Morgan fingerprint density at radius 1 is 1.33 bits per heavy atom. The zero-order chi connectivity index (χ0) is 19.6. The summed E-state index contributed by atoms with van der Waals surface area (Å²) in [4.78, 5) is 19.7. The van der Waals surface area contributed by atoms with E-state index in [0.29, 0.717) is 5.69 Å². The number of nitrogens with one attached hydrogen (secondary N) is 1. The van der Waals surface area contributed by atoms with Gasteiger partial charge in [0.2, 0.25) is 5.82 Å². The molecule has 2 aromatic rings. The first-order valence-corrected chi connectivity index (χ1v) is 8.67. The van der Waals surface area contributed by atoms with E-state index in [4.69, 9.17) is 33.0 Å². The zero-order valence-corrected chi connectivity index (χ0v) is 15.3. The molecule has 1 aliphatic rings. The average molecular weight is 417 g/mol. The van der Waals surface area contributed by atoms with Gasteiger partial charge in [-0.15, -0.1) is 0 Å². The highest BCUT2D eigenvalue weighted by Crippen LogP contribution is 2.39. The Hall–Kier alpha value is -2.36. The number of rotatable bonds is 7. The number of anilines is 2. The summed E-state index contributed by atoms with van der Waals surface area (Å²) in [6, 6.07) is 2.97. The number of carboxylic acid groups (broad SMARTS) is 1. The van der Waals surface area contributed by atoms with E-state index in [9.17, 15) is 14.3 Å². The number of benzene rings is 1. The van der Waals surface area contributed by atoms with E-state index in [-0.39, 0.29) is 53.5 Å². The molecule has 0 spiro atoms. The van der Waals surface area contributed by atoms with Crippen molar-refractivity contribution in [3.63, 3.8) is 0 Å². The van der Waals surface area contributed by atoms with Gasteiger partial charge in [-0.05, 0) is 12.1 Å². The molecule has 1 aromatic carbocycles. The smallest absolute Gasteiger partial charge is 0.305 e. The Labute approximate surface area is 163 Å². The third-order valence-electron chi connectivity index (χ3n) is 3.77. The van der Waals surface area contributed by atoms with Crippen LogP contribution in [-0.2, 0) is 4.79 Å². The van der Waals surface area contributed by atoms with Crippen LogP contribution in [0.25, 0.3) is 0 Å². The van der Waals surface area contributed by atoms with Crippen LogP contribution >= 0.6 is 23.2 Å². The predicted molar refractivity (Wildman–Crippen MR) is 97.5 cm³/mol. The van der Waals surface area contributed by atoms with Crippen LogP contribution in [0.1, 0.15) is 6.42 Å². The molecule has 3 N–H and O–H groups in total. The molecule has 0 aliphatic carbocycles. The molecule has 8 nitrogen and oxygen atoms in total. The van der Waals surface area contributed by atoms with Crippen LogP contribution in [0.5, 0.6) is 11.6 Å². The van der Waals surface area contributed by atoms with Crippen molar-refractivity contribution in [2.75, 3.05) is 29.9 Å². The van der Waals surface area contributed by atoms with Gasteiger partial charge < -0.3 is 25.2 Å². The molecule has 0 saturated carbocycles. The van der Waals surface area contributed by atoms with E-state index in [1.165, 1.54) is 12.1 Å². The summed E-state index contributed by atoms with van der Waals surface area (Å²) in [5.41, 5.74) is 0.497. The fraction of sp³-hybridized carbons (Fsp3) is 0.312. The van der Waals surface area contributed by atoms with Gasteiger partial charge in [0.15, 0.2) is 11.6 Å². The summed E-state index contributed by atoms with van der Waals surface area (Å²) in [7, 11) is 0. The van der Waals surface area contributed by atoms with Crippen molar-refractivity contribution in [2.24, 2.45) is 0 Å². The molecule has 2 heterocycles. The molecule has 0 bridgehead atoms. The second-order valence-electron chi connectivity index (χ2n) is 5.82. The Bertz CT molecular complexity index is 841. The standard InChI is InChI=1S/C16H15Cl2FN4O4/c17-10-3-8(20-2-1-12(25)26)4-11(18)14(10)27-16-13(19)15(21-7-22-16)23-5-9(24)6-23/h3-4,7,9,20,24H,1-2,5-6H2,(H,25,26). The van der Waals surface area contributed by atoms with Gasteiger partial charge in [0.1, 0.15) is 6.33 Å². The molecule has 3 rings (SSSR count). The van der Waals surface area contributed by atoms with Gasteiger partial charge in [0.25, 0.3) is 5.88 Å². The van der Waals surface area contributed by atoms with Crippen molar-refractivity contribution < 1.29 is 24.1 Å². The Kier molecular flexibility index (Phi) is 5.83. The summed E-state index contributed by atoms with van der Waals surface area (Å²) >= 11 is 12.3. The van der Waals surface area contributed by atoms with Gasteiger partial charge in [-0.1, -0.05) is 23.2 Å². The highest BCUT2D eigenvalue weighted by atomic mass is 35.5. The number of aliphatic carboxylic acids is 1. The number of halogens is 3. The molecule has 1 fully saturated rings. The number of nitrogens with zero attached hydrogens (tertiary/aromatic N) is 3. The van der Waals surface area contributed by atoms with Crippen LogP contribution in [0.15, 0.2) is 18.5 Å². The van der Waals surface area contributed by atoms with E-state index in [1.807, 2.05) is 0 Å². The maximum absolute atomic E-state index is 14.6. The molecule has 1 aliphatic heterocycles. The molecule has 0 amide bonds. The van der Waals surface area contributed by atoms with Crippen LogP contribution in [0.4, 0.5) is 15.9 Å². The molecule has 1 aromatic heterocycles. The quantitative estimate of drug-likeness (QED) is 0.632. The highest BCUT2D eigenvalue weighted by molar-refractivity contribution is 6.37. The minimum Gasteiger partial charge on any atom is -0.481 e. The number of ether oxygens (including phenoxy) is 1. The molecular weight excluding hydrogens is 402 g/mol. The average Bonchev–Trinajstić information content (AvgIpc) is 2.57. The fourth-order valence-corrected chi connectivity index (χ4v) is 3.00. The first kappa shape index (κ1) is 19.4. The summed E-state index contributed by atoms with van der Waals surface area (Å²) < 4.78 is 20.1. The van der Waals surface area contributed by atoms with Crippen LogP contribution in [-0.4, -0.2) is 51.9 Å². The molecule has 0 unspecified atom stereocenters. The third kappa shape index (κ3) is 4.49. The minimum absolute atomic E-state index is 0.00862. The van der Waals surface area contributed by atoms with Gasteiger partial charge in [0.05, 0.1) is 22.6 Å². The van der Waals surface area contributed by atoms with Crippen molar-refractivity contribution in [1.82, 2.24) is 9.97 Å². The number of aromatic nitrogens is 2. The molecule has 0 atom stereocenters. The van der Waals surface area contributed by atoms with Crippen molar-refractivity contribution in [1.29, 1.82) is 0 Å².